The minimum absolute atomic E-state index is 0.0143. The Hall–Kier alpha value is -2.96. The molecule has 1 saturated carbocycles. The van der Waals surface area contributed by atoms with Gasteiger partial charge in [-0.3, -0.25) is 0 Å². The van der Waals surface area contributed by atoms with Crippen LogP contribution < -0.4 is 0 Å². The van der Waals surface area contributed by atoms with Crippen LogP contribution >= 0.6 is 0 Å². The summed E-state index contributed by atoms with van der Waals surface area (Å²) in [5, 5.41) is 0. The third-order valence-corrected chi connectivity index (χ3v) is 8.55. The summed E-state index contributed by atoms with van der Waals surface area (Å²) in [6.45, 7) is 6.48. The van der Waals surface area contributed by atoms with Crippen LogP contribution in [0.3, 0.4) is 0 Å². The molecule has 1 saturated heterocycles. The van der Waals surface area contributed by atoms with E-state index in [0.717, 1.165) is 44.1 Å². The summed E-state index contributed by atoms with van der Waals surface area (Å²) in [5.74, 6) is -2.08. The first-order valence-corrected chi connectivity index (χ1v) is 13.7. The number of esters is 2. The molecule has 1 heterocycles. The molecule has 0 N–H and O–H groups in total. The molecule has 2 aliphatic rings. The number of carbonyl (C=O) groups is 2. The van der Waals surface area contributed by atoms with Crippen molar-refractivity contribution in [2.45, 2.75) is 75.8 Å². The second-order valence-corrected chi connectivity index (χ2v) is 10.6. The Morgan fingerprint density at radius 3 is 1.95 bits per heavy atom. The van der Waals surface area contributed by atoms with Crippen molar-refractivity contribution in [3.05, 3.63) is 84.4 Å². The summed E-state index contributed by atoms with van der Waals surface area (Å²) in [5.41, 5.74) is 2.16. The number of allylic oxidation sites excluding steroid dienone is 1. The molecular weight excluding hydrogens is 480 g/mol. The van der Waals surface area contributed by atoms with Gasteiger partial charge >= 0.3 is 11.9 Å². The van der Waals surface area contributed by atoms with Gasteiger partial charge in [0.15, 0.2) is 18.0 Å². The average Bonchev–Trinajstić information content (AvgIpc) is 3.37. The first-order valence-electron chi connectivity index (χ1n) is 13.7. The Balaban J connectivity index is 1.67. The van der Waals surface area contributed by atoms with Crippen LogP contribution in [0, 0.1) is 11.3 Å². The van der Waals surface area contributed by atoms with Crippen LogP contribution in [0.4, 0.5) is 0 Å². The Bertz CT molecular complexity index is 1050. The average molecular weight is 521 g/mol. The Morgan fingerprint density at radius 1 is 0.947 bits per heavy atom. The van der Waals surface area contributed by atoms with Crippen molar-refractivity contribution in [2.75, 3.05) is 14.2 Å². The minimum atomic E-state index is -1.32. The summed E-state index contributed by atoms with van der Waals surface area (Å²) in [7, 11) is 2.55. The third kappa shape index (κ3) is 5.57. The standard InChI is InChI=1S/C32H40O6/c1-5-19-31(20-17-24(18-21-31)23-13-9-7-10-14-23)25(6-2)22-32(26-15-11-8-12-16-26)37-27(29(33)35-3)28(38-32)30(34)36-4/h6-16,24-25,27-28H,2,5,17-22H2,1,3-4H3/t24?,25?,27-,28-,31?/m1/s1. The predicted octanol–water partition coefficient (Wildman–Crippen LogP) is 6.31. The molecule has 6 nitrogen and oxygen atoms in total. The van der Waals surface area contributed by atoms with Crippen LogP contribution in [0.5, 0.6) is 0 Å². The molecular formula is C32H40O6. The molecule has 2 aromatic rings. The molecule has 1 aliphatic carbocycles. The van der Waals surface area contributed by atoms with E-state index < -0.39 is 29.9 Å². The zero-order valence-corrected chi connectivity index (χ0v) is 22.8. The van der Waals surface area contributed by atoms with E-state index in [0.29, 0.717) is 12.3 Å². The molecule has 0 spiro atoms. The number of benzene rings is 2. The van der Waals surface area contributed by atoms with Gasteiger partial charge in [0.1, 0.15) is 0 Å². The monoisotopic (exact) mass is 520 g/mol. The zero-order chi connectivity index (χ0) is 27.2. The molecule has 0 amide bonds. The van der Waals surface area contributed by atoms with Crippen LogP contribution in [-0.4, -0.2) is 38.4 Å². The highest BCUT2D eigenvalue weighted by Gasteiger charge is 2.57. The molecule has 6 heteroatoms. The number of rotatable bonds is 10. The maximum atomic E-state index is 12.7. The van der Waals surface area contributed by atoms with E-state index in [-0.39, 0.29) is 11.3 Å². The first kappa shape index (κ1) is 28.1. The van der Waals surface area contributed by atoms with Crippen molar-refractivity contribution >= 4 is 11.9 Å². The van der Waals surface area contributed by atoms with Gasteiger partial charge in [-0.25, -0.2) is 9.59 Å². The van der Waals surface area contributed by atoms with E-state index in [1.54, 1.807) is 0 Å². The Morgan fingerprint density at radius 2 is 1.47 bits per heavy atom. The van der Waals surface area contributed by atoms with Gasteiger partial charge in [-0.1, -0.05) is 80.1 Å². The Labute approximate surface area is 226 Å². The topological polar surface area (TPSA) is 71.1 Å². The largest absolute Gasteiger partial charge is 0.467 e. The van der Waals surface area contributed by atoms with Crippen LogP contribution in [0.15, 0.2) is 73.3 Å². The van der Waals surface area contributed by atoms with Gasteiger partial charge in [-0.2, -0.15) is 0 Å². The molecule has 1 aliphatic heterocycles. The smallest absolute Gasteiger partial charge is 0.338 e. The molecule has 2 fully saturated rings. The highest BCUT2D eigenvalue weighted by Crippen LogP contribution is 2.55. The van der Waals surface area contributed by atoms with Gasteiger partial charge in [0.05, 0.1) is 14.2 Å². The van der Waals surface area contributed by atoms with E-state index in [2.05, 4.69) is 43.8 Å². The van der Waals surface area contributed by atoms with E-state index in [1.807, 2.05) is 36.4 Å². The van der Waals surface area contributed by atoms with E-state index in [9.17, 15) is 9.59 Å². The number of ether oxygens (including phenoxy) is 4. The van der Waals surface area contributed by atoms with Gasteiger partial charge in [0.25, 0.3) is 0 Å². The van der Waals surface area contributed by atoms with Crippen molar-refractivity contribution in [1.29, 1.82) is 0 Å². The highest BCUT2D eigenvalue weighted by atomic mass is 16.8. The van der Waals surface area contributed by atoms with E-state index in [4.69, 9.17) is 18.9 Å². The predicted molar refractivity (Wildman–Crippen MR) is 145 cm³/mol. The zero-order valence-electron chi connectivity index (χ0n) is 22.8. The summed E-state index contributed by atoms with van der Waals surface area (Å²) in [4.78, 5) is 25.4. The van der Waals surface area contributed by atoms with Crippen LogP contribution in [0.25, 0.3) is 0 Å². The fraction of sp³-hybridized carbons (Fsp3) is 0.500. The van der Waals surface area contributed by atoms with Crippen molar-refractivity contribution in [2.24, 2.45) is 11.3 Å². The maximum absolute atomic E-state index is 12.7. The van der Waals surface area contributed by atoms with Crippen molar-refractivity contribution in [3.63, 3.8) is 0 Å². The quantitative estimate of drug-likeness (QED) is 0.270. The molecule has 38 heavy (non-hydrogen) atoms. The number of carbonyl (C=O) groups excluding carboxylic acids is 2. The number of hydrogen-bond donors (Lipinski definition) is 0. The van der Waals surface area contributed by atoms with Crippen molar-refractivity contribution < 1.29 is 28.5 Å². The molecule has 0 aromatic heterocycles. The van der Waals surface area contributed by atoms with Crippen LogP contribution in [-0.2, 0) is 34.3 Å². The van der Waals surface area contributed by atoms with Crippen molar-refractivity contribution in [1.82, 2.24) is 0 Å². The fourth-order valence-corrected chi connectivity index (χ4v) is 6.57. The first-order chi connectivity index (χ1) is 18.4. The number of methoxy groups -OCH3 is 2. The lowest BCUT2D eigenvalue weighted by Gasteiger charge is -2.47. The third-order valence-electron chi connectivity index (χ3n) is 8.55. The normalized spacial score (nSPS) is 27.3. The maximum Gasteiger partial charge on any atom is 0.338 e. The lowest BCUT2D eigenvalue weighted by Crippen LogP contribution is -2.40. The minimum Gasteiger partial charge on any atom is -0.467 e. The lowest BCUT2D eigenvalue weighted by atomic mass is 9.59. The van der Waals surface area contributed by atoms with Gasteiger partial charge < -0.3 is 18.9 Å². The second-order valence-electron chi connectivity index (χ2n) is 10.6. The Kier molecular flexibility index (Phi) is 9.06. The highest BCUT2D eigenvalue weighted by molar-refractivity contribution is 5.86. The molecule has 0 bridgehead atoms. The van der Waals surface area contributed by atoms with Gasteiger partial charge in [-0.05, 0) is 54.9 Å². The molecule has 1 unspecified atom stereocenters. The van der Waals surface area contributed by atoms with Crippen LogP contribution in [0.2, 0.25) is 0 Å². The summed E-state index contributed by atoms with van der Waals surface area (Å²) < 4.78 is 22.8. The number of hydrogen-bond acceptors (Lipinski definition) is 6. The molecule has 0 radical (unpaired) electrons. The van der Waals surface area contributed by atoms with Crippen LogP contribution in [0.1, 0.15) is 68.9 Å². The fourth-order valence-electron chi connectivity index (χ4n) is 6.57. The molecule has 3 atom stereocenters. The molecule has 204 valence electrons. The second kappa shape index (κ2) is 12.3. The molecule has 4 rings (SSSR count). The van der Waals surface area contributed by atoms with Gasteiger partial charge in [0.2, 0.25) is 0 Å². The van der Waals surface area contributed by atoms with Gasteiger partial charge in [-0.15, -0.1) is 6.58 Å². The summed E-state index contributed by atoms with van der Waals surface area (Å²) in [6.07, 6.45) is 6.42. The lowest BCUT2D eigenvalue weighted by molar-refractivity contribution is -0.208. The SMILES string of the molecule is C=CC(CC1(c2ccccc2)O[C@@H](C(=O)OC)[C@H](C(=O)OC)O1)C1(CCC)CCC(c2ccccc2)CC1. The van der Waals surface area contributed by atoms with Crippen molar-refractivity contribution in [3.8, 4) is 0 Å². The van der Waals surface area contributed by atoms with E-state index >= 15 is 0 Å². The van der Waals surface area contributed by atoms with E-state index in [1.165, 1.54) is 19.8 Å². The summed E-state index contributed by atoms with van der Waals surface area (Å²) in [6, 6.07) is 20.3. The van der Waals surface area contributed by atoms with Gasteiger partial charge in [0, 0.05) is 12.0 Å². The summed E-state index contributed by atoms with van der Waals surface area (Å²) >= 11 is 0. The molecule has 2 aromatic carbocycles.